The maximum absolute atomic E-state index is 13.1. The van der Waals surface area contributed by atoms with Crippen molar-refractivity contribution in [3.8, 4) is 11.4 Å². The molecule has 3 nitrogen and oxygen atoms in total. The molecule has 0 saturated carbocycles. The first kappa shape index (κ1) is 14.0. The number of halogens is 2. The van der Waals surface area contributed by atoms with Crippen LogP contribution in [0.1, 0.15) is 25.5 Å². The smallest absolute Gasteiger partial charge is 0.157 e. The van der Waals surface area contributed by atoms with Crippen LogP contribution in [0, 0.1) is 5.82 Å². The van der Waals surface area contributed by atoms with Gasteiger partial charge in [-0.2, -0.15) is 0 Å². The zero-order chi connectivity index (χ0) is 15.1. The molecule has 1 aromatic carbocycles. The Morgan fingerprint density at radius 3 is 2.43 bits per heavy atom. The van der Waals surface area contributed by atoms with Gasteiger partial charge in [0.25, 0.3) is 0 Å². The Kier molecular flexibility index (Phi) is 3.41. The lowest BCUT2D eigenvalue weighted by atomic mass is 10.1. The van der Waals surface area contributed by atoms with Gasteiger partial charge in [0.05, 0.1) is 5.52 Å². The van der Waals surface area contributed by atoms with Crippen molar-refractivity contribution in [3.05, 3.63) is 47.0 Å². The Hall–Kier alpha value is -1.94. The van der Waals surface area contributed by atoms with Crippen molar-refractivity contribution in [2.45, 2.75) is 19.8 Å². The lowest BCUT2D eigenvalue weighted by Gasteiger charge is -2.06. The molecule has 0 atom stereocenters. The van der Waals surface area contributed by atoms with Crippen LogP contribution >= 0.6 is 11.6 Å². The number of nitrogens with zero attached hydrogens (tertiary/aromatic N) is 3. The van der Waals surface area contributed by atoms with Crippen LogP contribution < -0.4 is 0 Å². The van der Waals surface area contributed by atoms with Crippen LogP contribution in [0.2, 0.25) is 5.15 Å². The summed E-state index contributed by atoms with van der Waals surface area (Å²) in [5.41, 5.74) is 3.37. The second-order valence-corrected chi connectivity index (χ2v) is 5.72. The van der Waals surface area contributed by atoms with Crippen molar-refractivity contribution >= 4 is 22.6 Å². The van der Waals surface area contributed by atoms with E-state index in [2.05, 4.69) is 23.8 Å². The van der Waals surface area contributed by atoms with Crippen molar-refractivity contribution in [2.24, 2.45) is 7.05 Å². The van der Waals surface area contributed by atoms with Gasteiger partial charge in [-0.1, -0.05) is 25.4 Å². The van der Waals surface area contributed by atoms with E-state index < -0.39 is 0 Å². The topological polar surface area (TPSA) is 30.7 Å². The molecule has 0 amide bonds. The molecule has 0 unspecified atom stereocenters. The Bertz CT molecular complexity index is 806. The third-order valence-electron chi connectivity index (χ3n) is 3.54. The molecule has 108 valence electrons. The average molecular weight is 304 g/mol. The fraction of sp³-hybridized carbons (Fsp3) is 0.250. The lowest BCUT2D eigenvalue weighted by Crippen LogP contribution is -1.96. The SMILES string of the molecule is CC(C)c1cc2c(nc(-c3ccc(F)cc3)n2C)c(Cl)n1. The van der Waals surface area contributed by atoms with Gasteiger partial charge in [0, 0.05) is 18.3 Å². The average Bonchev–Trinajstić information content (AvgIpc) is 2.78. The summed E-state index contributed by atoms with van der Waals surface area (Å²) in [4.78, 5) is 8.95. The van der Waals surface area contributed by atoms with Crippen molar-refractivity contribution in [3.63, 3.8) is 0 Å². The van der Waals surface area contributed by atoms with E-state index in [1.165, 1.54) is 12.1 Å². The minimum absolute atomic E-state index is 0.265. The molecule has 0 radical (unpaired) electrons. The summed E-state index contributed by atoms with van der Waals surface area (Å²) in [6, 6.07) is 8.27. The van der Waals surface area contributed by atoms with E-state index in [0.29, 0.717) is 10.7 Å². The molecule has 2 heterocycles. The summed E-state index contributed by atoms with van der Waals surface area (Å²) < 4.78 is 15.0. The molecule has 0 bridgehead atoms. The van der Waals surface area contributed by atoms with Gasteiger partial charge >= 0.3 is 0 Å². The summed E-state index contributed by atoms with van der Waals surface area (Å²) in [6.45, 7) is 4.14. The molecule has 2 aromatic heterocycles. The Morgan fingerprint density at radius 2 is 1.81 bits per heavy atom. The molecule has 0 N–H and O–H groups in total. The number of benzene rings is 1. The summed E-state index contributed by atoms with van der Waals surface area (Å²) >= 11 is 6.26. The molecule has 3 aromatic rings. The van der Waals surface area contributed by atoms with Gasteiger partial charge in [0.2, 0.25) is 0 Å². The Labute approximate surface area is 127 Å². The summed E-state index contributed by atoms with van der Waals surface area (Å²) in [5, 5.41) is 0.403. The number of fused-ring (bicyclic) bond motifs is 1. The number of imidazole rings is 1. The van der Waals surface area contributed by atoms with Crippen LogP contribution in [-0.2, 0) is 7.05 Å². The van der Waals surface area contributed by atoms with Gasteiger partial charge in [0.1, 0.15) is 17.2 Å². The Morgan fingerprint density at radius 1 is 1.14 bits per heavy atom. The van der Waals surface area contributed by atoms with Crippen molar-refractivity contribution in [1.29, 1.82) is 0 Å². The van der Waals surface area contributed by atoms with Gasteiger partial charge in [-0.05, 0) is 36.2 Å². The first-order chi connectivity index (χ1) is 9.97. The fourth-order valence-electron chi connectivity index (χ4n) is 2.32. The molecule has 3 rings (SSSR count). The van der Waals surface area contributed by atoms with E-state index in [1.807, 2.05) is 17.7 Å². The highest BCUT2D eigenvalue weighted by molar-refractivity contribution is 6.33. The van der Waals surface area contributed by atoms with Gasteiger partial charge in [-0.3, -0.25) is 0 Å². The van der Waals surface area contributed by atoms with Crippen LogP contribution in [0.15, 0.2) is 30.3 Å². The monoisotopic (exact) mass is 303 g/mol. The number of aryl methyl sites for hydroxylation is 1. The highest BCUT2D eigenvalue weighted by Crippen LogP contribution is 2.29. The minimum atomic E-state index is -0.265. The molecular weight excluding hydrogens is 289 g/mol. The molecule has 0 aliphatic rings. The molecule has 0 saturated heterocycles. The normalized spacial score (nSPS) is 11.5. The standard InChI is InChI=1S/C16H15ClFN3/c1-9(2)12-8-13-14(15(17)19-12)20-16(21(13)3)10-4-6-11(18)7-5-10/h4-9H,1-3H3. The van der Waals surface area contributed by atoms with E-state index in [1.54, 1.807) is 12.1 Å². The van der Waals surface area contributed by atoms with E-state index in [9.17, 15) is 4.39 Å². The molecule has 0 fully saturated rings. The van der Waals surface area contributed by atoms with E-state index in [4.69, 9.17) is 11.6 Å². The number of pyridine rings is 1. The number of aromatic nitrogens is 3. The van der Waals surface area contributed by atoms with Crippen LogP contribution in [0.5, 0.6) is 0 Å². The number of rotatable bonds is 2. The molecule has 0 aliphatic carbocycles. The van der Waals surface area contributed by atoms with Crippen molar-refractivity contribution in [1.82, 2.24) is 14.5 Å². The zero-order valence-electron chi connectivity index (χ0n) is 12.1. The molecular formula is C16H15ClFN3. The van der Waals surface area contributed by atoms with Gasteiger partial charge in [0.15, 0.2) is 5.15 Å². The molecule has 0 aliphatic heterocycles. The van der Waals surface area contributed by atoms with Crippen LogP contribution in [0.4, 0.5) is 4.39 Å². The summed E-state index contributed by atoms with van der Waals surface area (Å²) in [5.74, 6) is 0.769. The predicted molar refractivity (Wildman–Crippen MR) is 83.0 cm³/mol. The van der Waals surface area contributed by atoms with Crippen LogP contribution in [0.25, 0.3) is 22.4 Å². The third-order valence-corrected chi connectivity index (χ3v) is 3.80. The largest absolute Gasteiger partial charge is 0.327 e. The third kappa shape index (κ3) is 2.40. The highest BCUT2D eigenvalue weighted by Gasteiger charge is 2.15. The minimum Gasteiger partial charge on any atom is -0.327 e. The highest BCUT2D eigenvalue weighted by atomic mass is 35.5. The van der Waals surface area contributed by atoms with Crippen molar-refractivity contribution < 1.29 is 4.39 Å². The molecule has 0 spiro atoms. The summed E-state index contributed by atoms with van der Waals surface area (Å²) in [7, 11) is 1.93. The van der Waals surface area contributed by atoms with Crippen LogP contribution in [-0.4, -0.2) is 14.5 Å². The Balaban J connectivity index is 2.24. The van der Waals surface area contributed by atoms with Gasteiger partial charge < -0.3 is 4.57 Å². The lowest BCUT2D eigenvalue weighted by molar-refractivity contribution is 0.628. The maximum atomic E-state index is 13.1. The zero-order valence-corrected chi connectivity index (χ0v) is 12.8. The maximum Gasteiger partial charge on any atom is 0.157 e. The molecule has 21 heavy (non-hydrogen) atoms. The van der Waals surface area contributed by atoms with E-state index >= 15 is 0 Å². The first-order valence-corrected chi connectivity index (χ1v) is 7.14. The number of hydrogen-bond acceptors (Lipinski definition) is 2. The fourth-order valence-corrected chi connectivity index (χ4v) is 2.56. The molecule has 5 heteroatoms. The van der Waals surface area contributed by atoms with Crippen LogP contribution in [0.3, 0.4) is 0 Å². The predicted octanol–water partition coefficient (Wildman–Crippen LogP) is 4.55. The van der Waals surface area contributed by atoms with Gasteiger partial charge in [-0.15, -0.1) is 0 Å². The van der Waals surface area contributed by atoms with E-state index in [-0.39, 0.29) is 11.7 Å². The quantitative estimate of drug-likeness (QED) is 0.650. The summed E-state index contributed by atoms with van der Waals surface area (Å²) in [6.07, 6.45) is 0. The second kappa shape index (κ2) is 5.11. The van der Waals surface area contributed by atoms with Crippen molar-refractivity contribution in [2.75, 3.05) is 0 Å². The van der Waals surface area contributed by atoms with Gasteiger partial charge in [-0.25, -0.2) is 14.4 Å². The van der Waals surface area contributed by atoms with E-state index in [0.717, 1.165) is 22.6 Å². The first-order valence-electron chi connectivity index (χ1n) is 6.76. The second-order valence-electron chi connectivity index (χ2n) is 5.36. The number of hydrogen-bond donors (Lipinski definition) is 0.